The molecule has 4 nitrogen and oxygen atoms in total. The van der Waals surface area contributed by atoms with Crippen LogP contribution in [0.2, 0.25) is 0 Å². The zero-order valence-electron chi connectivity index (χ0n) is 11.6. The smallest absolute Gasteiger partial charge is 0.308 e. The van der Waals surface area contributed by atoms with Crippen LogP contribution >= 0.6 is 0 Å². The number of carbonyl (C=O) groups is 2. The third-order valence-electron chi connectivity index (χ3n) is 3.97. The van der Waals surface area contributed by atoms with E-state index in [0.29, 0.717) is 30.5 Å². The molecule has 1 aliphatic heterocycles. The highest BCUT2D eigenvalue weighted by atomic mass is 19.1. The summed E-state index contributed by atoms with van der Waals surface area (Å²) in [4.78, 5) is 25.2. The van der Waals surface area contributed by atoms with E-state index < -0.39 is 11.9 Å². The number of piperidine rings is 1. The van der Waals surface area contributed by atoms with E-state index in [9.17, 15) is 19.1 Å². The van der Waals surface area contributed by atoms with E-state index in [1.165, 1.54) is 18.2 Å². The average molecular weight is 279 g/mol. The maximum absolute atomic E-state index is 13.2. The molecule has 1 heterocycles. The van der Waals surface area contributed by atoms with Gasteiger partial charge in [0.15, 0.2) is 0 Å². The molecule has 1 amide bonds. The Labute approximate surface area is 117 Å². The van der Waals surface area contributed by atoms with Crippen molar-refractivity contribution < 1.29 is 19.1 Å². The third kappa shape index (κ3) is 2.66. The minimum absolute atomic E-state index is 0.230. The van der Waals surface area contributed by atoms with Gasteiger partial charge in [-0.2, -0.15) is 0 Å². The molecule has 1 fully saturated rings. The lowest BCUT2D eigenvalue weighted by atomic mass is 9.89. The molecule has 0 aromatic heterocycles. The molecule has 20 heavy (non-hydrogen) atoms. The molecule has 1 aromatic carbocycles. The summed E-state index contributed by atoms with van der Waals surface area (Å²) in [5, 5.41) is 9.17. The summed E-state index contributed by atoms with van der Waals surface area (Å²) < 4.78 is 13.2. The number of carboxylic acids is 1. The topological polar surface area (TPSA) is 57.6 Å². The lowest BCUT2D eigenvalue weighted by molar-refractivity contribution is -0.144. The molecule has 0 radical (unpaired) electrons. The van der Waals surface area contributed by atoms with Gasteiger partial charge in [0, 0.05) is 18.2 Å². The Morgan fingerprint density at radius 2 is 2.10 bits per heavy atom. The number of rotatable bonds is 2. The number of halogens is 1. The predicted molar refractivity (Wildman–Crippen MR) is 72.0 cm³/mol. The number of carboxylic acid groups (broad SMARTS) is 1. The number of benzene rings is 1. The molecule has 1 aromatic rings. The molecular weight excluding hydrogens is 261 g/mol. The second-order valence-corrected chi connectivity index (χ2v) is 5.29. The lowest BCUT2D eigenvalue weighted by Gasteiger charge is -2.37. The number of aliphatic carboxylic acids is 1. The fourth-order valence-electron chi connectivity index (χ4n) is 2.70. The molecule has 108 valence electrons. The Morgan fingerprint density at radius 1 is 1.40 bits per heavy atom. The van der Waals surface area contributed by atoms with Crippen LogP contribution < -0.4 is 0 Å². The third-order valence-corrected chi connectivity index (χ3v) is 3.97. The minimum atomic E-state index is -0.870. The Morgan fingerprint density at radius 3 is 2.70 bits per heavy atom. The van der Waals surface area contributed by atoms with Crippen molar-refractivity contribution in [1.82, 2.24) is 4.90 Å². The molecule has 0 unspecified atom stereocenters. The van der Waals surface area contributed by atoms with Crippen LogP contribution in [-0.2, 0) is 4.79 Å². The summed E-state index contributed by atoms with van der Waals surface area (Å²) >= 11 is 0. The van der Waals surface area contributed by atoms with Crippen molar-refractivity contribution in [2.75, 3.05) is 6.54 Å². The van der Waals surface area contributed by atoms with Crippen LogP contribution in [0, 0.1) is 18.7 Å². The number of hydrogen-bond acceptors (Lipinski definition) is 2. The normalized spacial score (nSPS) is 22.6. The second kappa shape index (κ2) is 5.61. The maximum Gasteiger partial charge on any atom is 0.308 e. The number of nitrogens with zero attached hydrogens (tertiary/aromatic N) is 1. The van der Waals surface area contributed by atoms with Crippen molar-refractivity contribution in [3.63, 3.8) is 0 Å². The van der Waals surface area contributed by atoms with Crippen molar-refractivity contribution in [3.05, 3.63) is 35.1 Å². The Hall–Kier alpha value is -1.91. The fourth-order valence-corrected chi connectivity index (χ4v) is 2.70. The van der Waals surface area contributed by atoms with E-state index in [0.717, 1.165) is 0 Å². The van der Waals surface area contributed by atoms with Crippen LogP contribution in [0.4, 0.5) is 4.39 Å². The van der Waals surface area contributed by atoms with Crippen LogP contribution in [0.3, 0.4) is 0 Å². The van der Waals surface area contributed by atoms with Crippen molar-refractivity contribution in [2.45, 2.75) is 32.7 Å². The van der Waals surface area contributed by atoms with Gasteiger partial charge in [0.05, 0.1) is 5.92 Å². The monoisotopic (exact) mass is 279 g/mol. The fraction of sp³-hybridized carbons (Fsp3) is 0.467. The van der Waals surface area contributed by atoms with Gasteiger partial charge in [-0.1, -0.05) is 0 Å². The van der Waals surface area contributed by atoms with E-state index in [1.807, 2.05) is 0 Å². The first kappa shape index (κ1) is 14.5. The average Bonchev–Trinajstić information content (AvgIpc) is 2.41. The Kier molecular flexibility index (Phi) is 4.06. The minimum Gasteiger partial charge on any atom is -0.481 e. The van der Waals surface area contributed by atoms with Crippen LogP contribution in [0.25, 0.3) is 0 Å². The number of amides is 1. The van der Waals surface area contributed by atoms with Crippen molar-refractivity contribution in [1.29, 1.82) is 0 Å². The zero-order chi connectivity index (χ0) is 14.9. The first-order valence-electron chi connectivity index (χ1n) is 6.71. The van der Waals surface area contributed by atoms with Gasteiger partial charge in [-0.3, -0.25) is 9.59 Å². The Bertz CT molecular complexity index is 544. The SMILES string of the molecule is Cc1cc(C(=O)N2CCC[C@@H](C(=O)O)[C@H]2C)ccc1F. The van der Waals surface area contributed by atoms with E-state index in [4.69, 9.17) is 0 Å². The summed E-state index contributed by atoms with van der Waals surface area (Å²) in [5.41, 5.74) is 0.817. The summed E-state index contributed by atoms with van der Waals surface area (Å²) in [7, 11) is 0. The highest BCUT2D eigenvalue weighted by Crippen LogP contribution is 2.25. The summed E-state index contributed by atoms with van der Waals surface area (Å²) in [6.45, 7) is 3.90. The second-order valence-electron chi connectivity index (χ2n) is 5.29. The molecule has 0 bridgehead atoms. The van der Waals surface area contributed by atoms with Gasteiger partial charge in [-0.15, -0.1) is 0 Å². The van der Waals surface area contributed by atoms with E-state index in [1.54, 1.807) is 18.7 Å². The molecule has 1 N–H and O–H groups in total. The van der Waals surface area contributed by atoms with Gasteiger partial charge in [-0.25, -0.2) is 4.39 Å². The quantitative estimate of drug-likeness (QED) is 0.904. The molecule has 1 saturated heterocycles. The standard InChI is InChI=1S/C15H18FNO3/c1-9-8-11(5-6-13(9)16)14(18)17-7-3-4-12(10(17)2)15(19)20/h5-6,8,10,12H,3-4,7H2,1-2H3,(H,19,20)/t10-,12-/m1/s1. The molecule has 2 atom stereocenters. The molecule has 1 aliphatic rings. The summed E-state index contributed by atoms with van der Waals surface area (Å²) in [5.74, 6) is -1.98. The van der Waals surface area contributed by atoms with Gasteiger partial charge in [-0.05, 0) is 50.5 Å². The van der Waals surface area contributed by atoms with Gasteiger partial charge in [0.2, 0.25) is 0 Å². The zero-order valence-corrected chi connectivity index (χ0v) is 11.6. The van der Waals surface area contributed by atoms with E-state index in [-0.39, 0.29) is 17.8 Å². The number of hydrogen-bond donors (Lipinski definition) is 1. The molecular formula is C15H18FNO3. The van der Waals surface area contributed by atoms with Gasteiger partial charge in [0.1, 0.15) is 5.82 Å². The molecule has 2 rings (SSSR count). The largest absolute Gasteiger partial charge is 0.481 e. The predicted octanol–water partition coefficient (Wildman–Crippen LogP) is 2.46. The van der Waals surface area contributed by atoms with Crippen molar-refractivity contribution in [3.8, 4) is 0 Å². The highest BCUT2D eigenvalue weighted by molar-refractivity contribution is 5.95. The van der Waals surface area contributed by atoms with Crippen LogP contribution in [0.1, 0.15) is 35.7 Å². The first-order chi connectivity index (χ1) is 9.41. The number of carbonyl (C=O) groups excluding carboxylic acids is 1. The van der Waals surface area contributed by atoms with Crippen LogP contribution in [-0.4, -0.2) is 34.5 Å². The number of aryl methyl sites for hydroxylation is 1. The van der Waals surface area contributed by atoms with Gasteiger partial charge in [0.25, 0.3) is 5.91 Å². The molecule has 0 aliphatic carbocycles. The highest BCUT2D eigenvalue weighted by Gasteiger charge is 2.35. The van der Waals surface area contributed by atoms with Crippen molar-refractivity contribution >= 4 is 11.9 Å². The summed E-state index contributed by atoms with van der Waals surface area (Å²) in [6.07, 6.45) is 1.26. The van der Waals surface area contributed by atoms with E-state index >= 15 is 0 Å². The molecule has 5 heteroatoms. The summed E-state index contributed by atoms with van der Waals surface area (Å²) in [6, 6.07) is 3.88. The first-order valence-corrected chi connectivity index (χ1v) is 6.71. The van der Waals surface area contributed by atoms with Crippen molar-refractivity contribution in [2.24, 2.45) is 5.92 Å². The van der Waals surface area contributed by atoms with Gasteiger partial charge < -0.3 is 10.0 Å². The Balaban J connectivity index is 2.23. The maximum atomic E-state index is 13.2. The van der Waals surface area contributed by atoms with E-state index in [2.05, 4.69) is 0 Å². The van der Waals surface area contributed by atoms with Gasteiger partial charge >= 0.3 is 5.97 Å². The lowest BCUT2D eigenvalue weighted by Crippen LogP contribution is -2.49. The molecule has 0 spiro atoms. The van der Waals surface area contributed by atoms with Crippen LogP contribution in [0.15, 0.2) is 18.2 Å². The van der Waals surface area contributed by atoms with Crippen LogP contribution in [0.5, 0.6) is 0 Å². The molecule has 0 saturated carbocycles. The number of likely N-dealkylation sites (tertiary alicyclic amines) is 1.